The molecule has 0 saturated heterocycles. The Morgan fingerprint density at radius 1 is 0.295 bits per heavy atom. The molecule has 4 heteroatoms. The molecule has 4 saturated carbocycles. The summed E-state index contributed by atoms with van der Waals surface area (Å²) >= 11 is 0. The Bertz CT molecular complexity index is 4460. The molecule has 4 aliphatic carbocycles. The molecule has 4 bridgehead atoms. The van der Waals surface area contributed by atoms with Crippen LogP contribution in [-0.2, 0) is 0 Å². The van der Waals surface area contributed by atoms with E-state index in [1.54, 1.807) is 0 Å². The minimum atomic E-state index is 0.529. The summed E-state index contributed by atoms with van der Waals surface area (Å²) < 4.78 is 15.0. The second kappa shape index (κ2) is 16.5. The van der Waals surface area contributed by atoms with Crippen LogP contribution in [0, 0.1) is 23.7 Å². The van der Waals surface area contributed by atoms with E-state index in [0.29, 0.717) is 11.8 Å². The van der Waals surface area contributed by atoms with E-state index in [0.717, 1.165) is 80.1 Å². The first kappa shape index (κ1) is 43.5. The molecule has 4 aliphatic rings. The highest BCUT2D eigenvalue weighted by molar-refractivity contribution is 6.29. The first-order chi connectivity index (χ1) is 38.7. The number of hydrogen-bond acceptors (Lipinski definition) is 4. The predicted molar refractivity (Wildman–Crippen MR) is 325 cm³/mol. The standard InChI is InChI=1S/C74H56N2O2/c1-3-15-51(16-4-1)75(65-23-11-21-57-69-53-19-9-7-13-47(53)41-61(73(69)77-71(57)65)59-39-43-25-27-49(59)37-43)63-35-31-45-30-34-56-64(36-32-46-29-33-55(63)67(45)68(46)56)76(52-17-5-2-6-18-52)66-24-12-22-58-70-54-20-10-8-14-48(54)42-62(74(70)78-72(58)66)60-40-44-26-28-50(60)38-44/h1-24,29-36,41-44,49-50,59-60H,25-28,37-40H2/t43?,44?,49-,50?,59?,60?/m1/s1. The number of nitrogens with zero attached hydrogens (tertiary/aromatic N) is 2. The molecule has 6 atom stereocenters. The average molecular weight is 1010 g/mol. The lowest BCUT2D eigenvalue weighted by molar-refractivity contribution is 0.419. The van der Waals surface area contributed by atoms with Crippen LogP contribution in [0.1, 0.15) is 74.3 Å². The Labute approximate surface area is 452 Å². The van der Waals surface area contributed by atoms with Gasteiger partial charge >= 0.3 is 0 Å². The average Bonchev–Trinajstić information content (AvgIpc) is 4.54. The van der Waals surface area contributed by atoms with E-state index in [9.17, 15) is 0 Å². The predicted octanol–water partition coefficient (Wildman–Crippen LogP) is 21.4. The van der Waals surface area contributed by atoms with Crippen molar-refractivity contribution < 1.29 is 8.83 Å². The monoisotopic (exact) mass is 1000 g/mol. The van der Waals surface area contributed by atoms with Crippen LogP contribution in [0.4, 0.5) is 34.1 Å². The molecular formula is C74H56N2O2. The minimum Gasteiger partial charge on any atom is -0.454 e. The van der Waals surface area contributed by atoms with Crippen molar-refractivity contribution in [2.75, 3.05) is 9.80 Å². The Hall–Kier alpha value is -8.60. The fraction of sp³-hybridized carbons (Fsp3) is 0.189. The van der Waals surface area contributed by atoms with Crippen LogP contribution in [0.2, 0.25) is 0 Å². The highest BCUT2D eigenvalue weighted by Gasteiger charge is 2.43. The van der Waals surface area contributed by atoms with Gasteiger partial charge in [-0.1, -0.05) is 158 Å². The summed E-state index contributed by atoms with van der Waals surface area (Å²) in [5.74, 6) is 4.19. The second-order valence-electron chi connectivity index (χ2n) is 23.8. The molecule has 4 nitrogen and oxygen atoms in total. The third-order valence-electron chi connectivity index (χ3n) is 19.9. The van der Waals surface area contributed by atoms with Crippen molar-refractivity contribution in [1.29, 1.82) is 0 Å². The Morgan fingerprint density at radius 2 is 0.718 bits per heavy atom. The molecule has 0 spiro atoms. The minimum absolute atomic E-state index is 0.529. The van der Waals surface area contributed by atoms with Gasteiger partial charge in [-0.15, -0.1) is 0 Å². The number of fused-ring (bicyclic) bond motifs is 14. The van der Waals surface area contributed by atoms with Crippen molar-refractivity contribution in [3.8, 4) is 0 Å². The topological polar surface area (TPSA) is 32.8 Å². The Kier molecular flexibility index (Phi) is 9.18. The molecule has 18 rings (SSSR count). The van der Waals surface area contributed by atoms with Gasteiger partial charge in [0.05, 0.1) is 22.7 Å². The van der Waals surface area contributed by atoms with Crippen molar-refractivity contribution in [1.82, 2.24) is 0 Å². The highest BCUT2D eigenvalue weighted by atomic mass is 16.3. The molecule has 0 amide bonds. The Balaban J connectivity index is 0.857. The maximum absolute atomic E-state index is 7.48. The van der Waals surface area contributed by atoms with Crippen LogP contribution in [0.25, 0.3) is 97.7 Å². The van der Waals surface area contributed by atoms with E-state index in [1.165, 1.54) is 138 Å². The third kappa shape index (κ3) is 6.17. The molecular weight excluding hydrogens is 949 g/mol. The van der Waals surface area contributed by atoms with E-state index in [4.69, 9.17) is 8.83 Å². The van der Waals surface area contributed by atoms with E-state index >= 15 is 0 Å². The molecule has 78 heavy (non-hydrogen) atoms. The summed E-state index contributed by atoms with van der Waals surface area (Å²) in [5.41, 5.74) is 13.3. The van der Waals surface area contributed by atoms with Crippen LogP contribution in [0.15, 0.2) is 215 Å². The molecule has 2 heterocycles. The number of furan rings is 2. The van der Waals surface area contributed by atoms with E-state index in [-0.39, 0.29) is 0 Å². The van der Waals surface area contributed by atoms with Gasteiger partial charge in [0.15, 0.2) is 11.2 Å². The summed E-state index contributed by atoms with van der Waals surface area (Å²) in [6.45, 7) is 0. The number of anilines is 6. The largest absolute Gasteiger partial charge is 0.454 e. The lowest BCUT2D eigenvalue weighted by Gasteiger charge is -2.29. The lowest BCUT2D eigenvalue weighted by atomic mass is 9.82. The van der Waals surface area contributed by atoms with Gasteiger partial charge in [0.1, 0.15) is 11.2 Å². The SMILES string of the molecule is c1ccc(N(c2ccc3ccc4c(N(c5ccccc5)c5cccc6c5oc5c(C7CC8CC[C@@H]7C8)cc7ccccc7c56)ccc5ccc2c3c54)c2cccc3c2oc2c(C4CC5CCC4C5)cc4ccccc4c23)cc1. The molecule has 14 aromatic rings. The second-order valence-corrected chi connectivity index (χ2v) is 23.8. The van der Waals surface area contributed by atoms with Crippen molar-refractivity contribution in [3.05, 3.63) is 217 Å². The zero-order valence-corrected chi connectivity index (χ0v) is 43.5. The van der Waals surface area contributed by atoms with Gasteiger partial charge in [-0.05, 0) is 189 Å². The van der Waals surface area contributed by atoms with Gasteiger partial charge in [0.2, 0.25) is 0 Å². The highest BCUT2D eigenvalue weighted by Crippen LogP contribution is 2.58. The van der Waals surface area contributed by atoms with Gasteiger partial charge in [-0.2, -0.15) is 0 Å². The molecule has 5 unspecified atom stereocenters. The number of hydrogen-bond donors (Lipinski definition) is 0. The smallest absolute Gasteiger partial charge is 0.159 e. The summed E-state index contributed by atoms with van der Waals surface area (Å²) in [7, 11) is 0. The first-order valence-electron chi connectivity index (χ1n) is 28.8. The summed E-state index contributed by atoms with van der Waals surface area (Å²) in [6, 6.07) is 77.1. The van der Waals surface area contributed by atoms with Crippen LogP contribution in [-0.4, -0.2) is 0 Å². The van der Waals surface area contributed by atoms with Gasteiger partial charge in [0.25, 0.3) is 0 Å². The number of para-hydroxylation sites is 4. The normalized spacial score (nSPS) is 20.9. The third-order valence-corrected chi connectivity index (χ3v) is 19.9. The Morgan fingerprint density at radius 3 is 1.15 bits per heavy atom. The van der Waals surface area contributed by atoms with Crippen LogP contribution in [0.5, 0.6) is 0 Å². The van der Waals surface area contributed by atoms with Crippen LogP contribution < -0.4 is 9.80 Å². The molecule has 4 fully saturated rings. The van der Waals surface area contributed by atoms with Gasteiger partial charge in [-0.25, -0.2) is 0 Å². The van der Waals surface area contributed by atoms with E-state index in [1.807, 2.05) is 0 Å². The van der Waals surface area contributed by atoms with Crippen molar-refractivity contribution in [2.45, 2.75) is 63.2 Å². The van der Waals surface area contributed by atoms with Crippen molar-refractivity contribution in [3.63, 3.8) is 0 Å². The lowest BCUT2D eigenvalue weighted by Crippen LogP contribution is -2.11. The number of benzene rings is 12. The maximum atomic E-state index is 7.48. The van der Waals surface area contributed by atoms with Gasteiger partial charge < -0.3 is 18.6 Å². The molecule has 2 aromatic heterocycles. The fourth-order valence-corrected chi connectivity index (χ4v) is 16.6. The number of rotatable bonds is 8. The van der Waals surface area contributed by atoms with Crippen LogP contribution in [0.3, 0.4) is 0 Å². The van der Waals surface area contributed by atoms with Crippen LogP contribution >= 0.6 is 0 Å². The zero-order valence-electron chi connectivity index (χ0n) is 43.5. The van der Waals surface area contributed by atoms with Crippen molar-refractivity contribution >= 4 is 132 Å². The molecule has 0 N–H and O–H groups in total. The summed E-state index contributed by atoms with van der Waals surface area (Å²) in [4.78, 5) is 4.92. The summed E-state index contributed by atoms with van der Waals surface area (Å²) in [6.07, 6.45) is 10.6. The van der Waals surface area contributed by atoms with E-state index in [2.05, 4.69) is 216 Å². The zero-order chi connectivity index (χ0) is 50.7. The molecule has 12 aromatic carbocycles. The summed E-state index contributed by atoms with van der Waals surface area (Å²) in [5, 5.41) is 17.3. The fourth-order valence-electron chi connectivity index (χ4n) is 16.6. The molecule has 0 aliphatic heterocycles. The molecule has 0 radical (unpaired) electrons. The molecule has 374 valence electrons. The maximum Gasteiger partial charge on any atom is 0.159 e. The van der Waals surface area contributed by atoms with E-state index < -0.39 is 0 Å². The van der Waals surface area contributed by atoms with Gasteiger partial charge in [0, 0.05) is 43.7 Å². The van der Waals surface area contributed by atoms with Gasteiger partial charge in [-0.3, -0.25) is 0 Å². The van der Waals surface area contributed by atoms with Crippen molar-refractivity contribution in [2.24, 2.45) is 23.7 Å². The quantitative estimate of drug-likeness (QED) is 0.142. The first-order valence-corrected chi connectivity index (χ1v) is 28.8.